The fourth-order valence-corrected chi connectivity index (χ4v) is 5.29. The van der Waals surface area contributed by atoms with Crippen LogP contribution in [0, 0.1) is 0 Å². The Morgan fingerprint density at radius 2 is 1.72 bits per heavy atom. The van der Waals surface area contributed by atoms with Crippen LogP contribution in [0.4, 0.5) is 5.82 Å². The highest BCUT2D eigenvalue weighted by atomic mass is 32.2. The minimum atomic E-state index is -3.50. The summed E-state index contributed by atoms with van der Waals surface area (Å²) in [6.07, 6.45) is 1.48. The third-order valence-electron chi connectivity index (χ3n) is 5.80. The number of pyridine rings is 1. The maximum Gasteiger partial charge on any atom is 0.244 e. The van der Waals surface area contributed by atoms with Crippen molar-refractivity contribution in [3.05, 3.63) is 54.2 Å². The van der Waals surface area contributed by atoms with Gasteiger partial charge in [0.25, 0.3) is 0 Å². The van der Waals surface area contributed by atoms with Crippen LogP contribution in [0.5, 0.6) is 0 Å². The van der Waals surface area contributed by atoms with E-state index in [9.17, 15) is 8.42 Å². The molecule has 2 aliphatic rings. The smallest absolute Gasteiger partial charge is 0.244 e. The molecule has 2 aliphatic heterocycles. The molecule has 1 aromatic heterocycles. The molecule has 0 amide bonds. The number of anilines is 1. The number of benzene rings is 1. The summed E-state index contributed by atoms with van der Waals surface area (Å²) < 4.78 is 33.4. The Labute approximate surface area is 172 Å². The molecule has 2 fully saturated rings. The number of piperazine rings is 1. The maximum absolute atomic E-state index is 12.9. The van der Waals surface area contributed by atoms with Crippen LogP contribution >= 0.6 is 0 Å². The molecule has 1 atom stereocenters. The van der Waals surface area contributed by atoms with Gasteiger partial charge in [0.2, 0.25) is 10.0 Å². The van der Waals surface area contributed by atoms with Gasteiger partial charge in [0, 0.05) is 38.9 Å². The second-order valence-electron chi connectivity index (χ2n) is 7.93. The topological polar surface area (TPSA) is 66.0 Å². The number of morpholine rings is 1. The average Bonchev–Trinajstić information content (AvgIpc) is 2.75. The minimum Gasteiger partial charge on any atom is -0.367 e. The normalized spacial score (nSPS) is 24.6. The van der Waals surface area contributed by atoms with E-state index in [0.717, 1.165) is 31.0 Å². The van der Waals surface area contributed by atoms with Crippen molar-refractivity contribution < 1.29 is 13.2 Å². The van der Waals surface area contributed by atoms with E-state index in [-0.39, 0.29) is 4.90 Å². The van der Waals surface area contributed by atoms with Crippen LogP contribution in [0.3, 0.4) is 0 Å². The molecule has 4 rings (SSSR count). The van der Waals surface area contributed by atoms with Gasteiger partial charge in [0.15, 0.2) is 0 Å². The van der Waals surface area contributed by atoms with E-state index in [4.69, 9.17) is 4.74 Å². The van der Waals surface area contributed by atoms with Crippen molar-refractivity contribution in [3.8, 4) is 0 Å². The first-order valence-electron chi connectivity index (χ1n) is 9.98. The maximum atomic E-state index is 12.9. The lowest BCUT2D eigenvalue weighted by Crippen LogP contribution is -2.48. The van der Waals surface area contributed by atoms with Gasteiger partial charge in [-0.05, 0) is 31.7 Å². The van der Waals surface area contributed by atoms with Gasteiger partial charge >= 0.3 is 0 Å². The van der Waals surface area contributed by atoms with Crippen molar-refractivity contribution in [2.75, 3.05) is 57.8 Å². The molecule has 2 aromatic rings. The molecule has 156 valence electrons. The van der Waals surface area contributed by atoms with Crippen LogP contribution in [-0.2, 0) is 20.4 Å². The number of sulfonamides is 1. The third-order valence-corrected chi connectivity index (χ3v) is 7.69. The van der Waals surface area contributed by atoms with Crippen molar-refractivity contribution in [1.82, 2.24) is 14.2 Å². The van der Waals surface area contributed by atoms with Crippen LogP contribution < -0.4 is 4.90 Å². The lowest BCUT2D eigenvalue weighted by atomic mass is 9.94. The summed E-state index contributed by atoms with van der Waals surface area (Å²) >= 11 is 0. The fourth-order valence-electron chi connectivity index (χ4n) is 3.92. The van der Waals surface area contributed by atoms with Gasteiger partial charge in [-0.3, -0.25) is 0 Å². The average molecular weight is 417 g/mol. The van der Waals surface area contributed by atoms with E-state index in [1.807, 2.05) is 25.2 Å². The van der Waals surface area contributed by atoms with Crippen LogP contribution in [0.25, 0.3) is 0 Å². The zero-order valence-corrected chi connectivity index (χ0v) is 17.8. The highest BCUT2D eigenvalue weighted by Crippen LogP contribution is 2.31. The molecule has 8 heteroatoms. The van der Waals surface area contributed by atoms with E-state index in [1.54, 1.807) is 16.4 Å². The summed E-state index contributed by atoms with van der Waals surface area (Å²) in [5.41, 5.74) is 0.699. The van der Waals surface area contributed by atoms with E-state index in [2.05, 4.69) is 33.8 Å². The zero-order chi connectivity index (χ0) is 20.5. The Kier molecular flexibility index (Phi) is 5.61. The molecule has 0 spiro atoms. The third kappa shape index (κ3) is 4.16. The Balaban J connectivity index is 1.50. The van der Waals surface area contributed by atoms with Gasteiger partial charge < -0.3 is 14.5 Å². The second-order valence-corrected chi connectivity index (χ2v) is 9.86. The zero-order valence-electron chi connectivity index (χ0n) is 17.0. The largest absolute Gasteiger partial charge is 0.367 e. The van der Waals surface area contributed by atoms with Gasteiger partial charge in [-0.25, -0.2) is 13.4 Å². The summed E-state index contributed by atoms with van der Waals surface area (Å²) in [6, 6.07) is 13.6. The number of hydrogen-bond donors (Lipinski definition) is 0. The van der Waals surface area contributed by atoms with Crippen LogP contribution in [0.15, 0.2) is 53.6 Å². The van der Waals surface area contributed by atoms with Crippen LogP contribution in [0.2, 0.25) is 0 Å². The fraction of sp³-hybridized carbons (Fsp3) is 0.476. The van der Waals surface area contributed by atoms with Gasteiger partial charge in [0.1, 0.15) is 16.3 Å². The molecule has 0 saturated carbocycles. The molecule has 3 heterocycles. The molecule has 1 aromatic carbocycles. The Bertz CT molecular complexity index is 928. The van der Waals surface area contributed by atoms with Crippen molar-refractivity contribution in [3.63, 3.8) is 0 Å². The number of hydrogen-bond acceptors (Lipinski definition) is 6. The quantitative estimate of drug-likeness (QED) is 0.757. The predicted octanol–water partition coefficient (Wildman–Crippen LogP) is 1.77. The molecule has 7 nitrogen and oxygen atoms in total. The number of ether oxygens (including phenoxy) is 1. The van der Waals surface area contributed by atoms with Crippen molar-refractivity contribution in [2.24, 2.45) is 0 Å². The van der Waals surface area contributed by atoms with E-state index >= 15 is 0 Å². The highest BCUT2D eigenvalue weighted by molar-refractivity contribution is 7.89. The minimum absolute atomic E-state index is 0.255. The molecular formula is C21H28N4O3S. The van der Waals surface area contributed by atoms with Crippen molar-refractivity contribution >= 4 is 15.8 Å². The molecule has 0 bridgehead atoms. The molecule has 0 aliphatic carbocycles. The first kappa shape index (κ1) is 20.3. The first-order valence-corrected chi connectivity index (χ1v) is 11.4. The number of aromatic nitrogens is 1. The summed E-state index contributed by atoms with van der Waals surface area (Å²) in [5, 5.41) is 0. The molecule has 0 radical (unpaired) electrons. The SMILES string of the molecule is CN1CCN(S(=O)(=O)c2ccc(N3CCOC(C)(c4ccccc4)C3)nc2)CC1. The monoisotopic (exact) mass is 416 g/mol. The Morgan fingerprint density at radius 3 is 2.38 bits per heavy atom. The molecule has 0 N–H and O–H groups in total. The van der Waals surface area contributed by atoms with E-state index in [0.29, 0.717) is 26.2 Å². The predicted molar refractivity (Wildman–Crippen MR) is 112 cm³/mol. The summed E-state index contributed by atoms with van der Waals surface area (Å²) in [5.74, 6) is 0.771. The number of likely N-dealkylation sites (N-methyl/N-ethyl adjacent to an activating group) is 1. The molecule has 2 saturated heterocycles. The van der Waals surface area contributed by atoms with Gasteiger partial charge in [-0.2, -0.15) is 4.31 Å². The molecule has 1 unspecified atom stereocenters. The molecule has 29 heavy (non-hydrogen) atoms. The summed E-state index contributed by atoms with van der Waals surface area (Å²) in [6.45, 7) is 6.58. The lowest BCUT2D eigenvalue weighted by molar-refractivity contribution is -0.0468. The van der Waals surface area contributed by atoms with Crippen molar-refractivity contribution in [2.45, 2.75) is 17.4 Å². The van der Waals surface area contributed by atoms with Gasteiger partial charge in [-0.1, -0.05) is 30.3 Å². The van der Waals surface area contributed by atoms with Crippen LogP contribution in [0.1, 0.15) is 12.5 Å². The Hall–Kier alpha value is -2.00. The Morgan fingerprint density at radius 1 is 1.00 bits per heavy atom. The highest BCUT2D eigenvalue weighted by Gasteiger charge is 2.34. The van der Waals surface area contributed by atoms with E-state index in [1.165, 1.54) is 6.20 Å². The second kappa shape index (κ2) is 8.02. The molecular weight excluding hydrogens is 388 g/mol. The van der Waals surface area contributed by atoms with Gasteiger partial charge in [-0.15, -0.1) is 0 Å². The van der Waals surface area contributed by atoms with E-state index < -0.39 is 15.6 Å². The first-order chi connectivity index (χ1) is 13.9. The van der Waals surface area contributed by atoms with Gasteiger partial charge in [0.05, 0.1) is 13.2 Å². The summed E-state index contributed by atoms with van der Waals surface area (Å²) in [4.78, 5) is 9.04. The summed E-state index contributed by atoms with van der Waals surface area (Å²) in [7, 11) is -1.49. The van der Waals surface area contributed by atoms with Crippen LogP contribution in [-0.4, -0.2) is 75.5 Å². The lowest BCUT2D eigenvalue weighted by Gasteiger charge is -2.41. The number of rotatable bonds is 4. The standard InChI is InChI=1S/C21H28N4O3S/c1-21(18-6-4-3-5-7-18)17-24(14-15-28-21)20-9-8-19(16-22-20)29(26,27)25-12-10-23(2)11-13-25/h3-9,16H,10-15,17H2,1-2H3. The number of nitrogens with zero attached hydrogens (tertiary/aromatic N) is 4. The van der Waals surface area contributed by atoms with Crippen molar-refractivity contribution in [1.29, 1.82) is 0 Å².